The Balaban J connectivity index is 2.24. The molecule has 4 heteroatoms. The molecule has 1 unspecified atom stereocenters. The first-order valence-electron chi connectivity index (χ1n) is 6.41. The van der Waals surface area contributed by atoms with E-state index in [4.69, 9.17) is 0 Å². The van der Waals surface area contributed by atoms with Crippen LogP contribution >= 0.6 is 15.9 Å². The van der Waals surface area contributed by atoms with Gasteiger partial charge in [0.15, 0.2) is 0 Å². The molecule has 1 saturated heterocycles. The molecule has 1 aromatic rings. The molecule has 0 aliphatic carbocycles. The quantitative estimate of drug-likeness (QED) is 0.773. The van der Waals surface area contributed by atoms with Crippen molar-refractivity contribution in [2.75, 3.05) is 31.6 Å². The van der Waals surface area contributed by atoms with Gasteiger partial charge in [-0.2, -0.15) is 0 Å². The van der Waals surface area contributed by atoms with Crippen molar-refractivity contribution in [3.05, 3.63) is 29.6 Å². The molecule has 1 fully saturated rings. The van der Waals surface area contributed by atoms with E-state index in [1.807, 2.05) is 12.1 Å². The Hall–Kier alpha value is -0.610. The summed E-state index contributed by atoms with van der Waals surface area (Å²) in [7, 11) is 2.13. The molecule has 1 aromatic carbocycles. The van der Waals surface area contributed by atoms with E-state index < -0.39 is 0 Å². The maximum absolute atomic E-state index is 14.1. The summed E-state index contributed by atoms with van der Waals surface area (Å²) in [6, 6.07) is 5.88. The summed E-state index contributed by atoms with van der Waals surface area (Å²) in [6.07, 6.45) is 1.08. The molecule has 0 amide bonds. The number of likely N-dealkylation sites (N-methyl/N-ethyl adjacent to an activating group) is 1. The van der Waals surface area contributed by atoms with Crippen molar-refractivity contribution in [2.24, 2.45) is 0 Å². The number of anilines is 1. The largest absolute Gasteiger partial charge is 0.365 e. The van der Waals surface area contributed by atoms with Gasteiger partial charge in [-0.1, -0.05) is 22.0 Å². The van der Waals surface area contributed by atoms with Gasteiger partial charge in [0.2, 0.25) is 0 Å². The number of hydrogen-bond donors (Lipinski definition) is 0. The van der Waals surface area contributed by atoms with Crippen molar-refractivity contribution in [1.29, 1.82) is 0 Å². The summed E-state index contributed by atoms with van der Waals surface area (Å²) < 4.78 is 14.1. The van der Waals surface area contributed by atoms with Crippen LogP contribution in [0.4, 0.5) is 10.1 Å². The van der Waals surface area contributed by atoms with E-state index >= 15 is 0 Å². The second kappa shape index (κ2) is 6.02. The fraction of sp³-hybridized carbons (Fsp3) is 0.571. The molecule has 0 saturated carbocycles. The Kier molecular flexibility index (Phi) is 4.62. The van der Waals surface area contributed by atoms with Gasteiger partial charge in [0.25, 0.3) is 0 Å². The minimum atomic E-state index is -0.108. The summed E-state index contributed by atoms with van der Waals surface area (Å²) >= 11 is 3.36. The maximum atomic E-state index is 14.1. The van der Waals surface area contributed by atoms with Crippen LogP contribution in [0.1, 0.15) is 18.9 Å². The number of benzene rings is 1. The minimum absolute atomic E-state index is 0.108. The highest BCUT2D eigenvalue weighted by molar-refractivity contribution is 9.08. The second-order valence-corrected chi connectivity index (χ2v) is 5.64. The first kappa shape index (κ1) is 13.8. The van der Waals surface area contributed by atoms with Crippen molar-refractivity contribution in [2.45, 2.75) is 24.7 Å². The predicted octanol–water partition coefficient (Wildman–Crippen LogP) is 3.25. The van der Waals surface area contributed by atoms with E-state index in [-0.39, 0.29) is 5.82 Å². The Morgan fingerprint density at radius 1 is 1.39 bits per heavy atom. The Labute approximate surface area is 117 Å². The lowest BCUT2D eigenvalue weighted by molar-refractivity contribution is 0.337. The highest BCUT2D eigenvalue weighted by Crippen LogP contribution is 2.25. The van der Waals surface area contributed by atoms with Crippen molar-refractivity contribution in [3.63, 3.8) is 0 Å². The van der Waals surface area contributed by atoms with Gasteiger partial charge in [-0.05, 0) is 44.6 Å². The van der Waals surface area contributed by atoms with Gasteiger partial charge in [0.1, 0.15) is 5.82 Å². The first-order chi connectivity index (χ1) is 8.61. The van der Waals surface area contributed by atoms with Gasteiger partial charge in [0, 0.05) is 24.5 Å². The first-order valence-corrected chi connectivity index (χ1v) is 7.53. The van der Waals surface area contributed by atoms with E-state index in [1.165, 1.54) is 0 Å². The van der Waals surface area contributed by atoms with Crippen LogP contribution in [0, 0.1) is 5.82 Å². The molecule has 1 aliphatic heterocycles. The second-order valence-electron chi connectivity index (χ2n) is 5.08. The smallest absolute Gasteiger partial charge is 0.146 e. The molecule has 0 N–H and O–H groups in total. The van der Waals surface area contributed by atoms with Gasteiger partial charge >= 0.3 is 0 Å². The number of alkyl halides is 1. The van der Waals surface area contributed by atoms with Crippen LogP contribution in [0.3, 0.4) is 0 Å². The molecule has 2 nitrogen and oxygen atoms in total. The zero-order chi connectivity index (χ0) is 13.1. The third kappa shape index (κ3) is 3.04. The number of nitrogens with zero attached hydrogens (tertiary/aromatic N) is 2. The van der Waals surface area contributed by atoms with Gasteiger partial charge in [-0.3, -0.25) is 0 Å². The normalized spacial score (nSPS) is 22.0. The number of hydrogen-bond acceptors (Lipinski definition) is 2. The van der Waals surface area contributed by atoms with Crippen LogP contribution in [0.2, 0.25) is 0 Å². The van der Waals surface area contributed by atoms with E-state index in [0.717, 1.165) is 37.3 Å². The third-order valence-corrected chi connectivity index (χ3v) is 4.17. The van der Waals surface area contributed by atoms with Crippen LogP contribution in [0.5, 0.6) is 0 Å². The lowest BCUT2D eigenvalue weighted by Crippen LogP contribution is -2.38. The van der Waals surface area contributed by atoms with Gasteiger partial charge in [0.05, 0.1) is 5.69 Å². The van der Waals surface area contributed by atoms with Gasteiger partial charge < -0.3 is 9.80 Å². The van der Waals surface area contributed by atoms with Crippen LogP contribution in [0.25, 0.3) is 0 Å². The molecule has 0 bridgehead atoms. The summed E-state index contributed by atoms with van der Waals surface area (Å²) in [5.41, 5.74) is 1.72. The molecular weight excluding hydrogens is 295 g/mol. The molecule has 1 aliphatic rings. The monoisotopic (exact) mass is 314 g/mol. The lowest BCUT2D eigenvalue weighted by Gasteiger charge is -2.30. The fourth-order valence-corrected chi connectivity index (χ4v) is 2.95. The molecule has 1 atom stereocenters. The predicted molar refractivity (Wildman–Crippen MR) is 78.0 cm³/mol. The topological polar surface area (TPSA) is 6.48 Å². The third-order valence-electron chi connectivity index (χ3n) is 3.52. The van der Waals surface area contributed by atoms with Crippen LogP contribution in [-0.2, 0) is 5.33 Å². The van der Waals surface area contributed by atoms with E-state index in [2.05, 4.69) is 39.7 Å². The van der Waals surface area contributed by atoms with E-state index in [9.17, 15) is 4.39 Å². The van der Waals surface area contributed by atoms with Crippen molar-refractivity contribution >= 4 is 21.6 Å². The van der Waals surface area contributed by atoms with Crippen molar-refractivity contribution < 1.29 is 4.39 Å². The molecule has 0 spiro atoms. The van der Waals surface area contributed by atoms with Crippen LogP contribution in [-0.4, -0.2) is 37.6 Å². The summed E-state index contributed by atoms with van der Waals surface area (Å²) in [6.45, 7) is 5.16. The zero-order valence-corrected chi connectivity index (χ0v) is 12.6. The average molecular weight is 315 g/mol. The van der Waals surface area contributed by atoms with Crippen molar-refractivity contribution in [3.8, 4) is 0 Å². The molecule has 0 radical (unpaired) electrons. The van der Waals surface area contributed by atoms with E-state index in [0.29, 0.717) is 11.4 Å². The molecular formula is C14H20BrFN2. The fourth-order valence-electron chi connectivity index (χ4n) is 2.60. The van der Waals surface area contributed by atoms with Gasteiger partial charge in [-0.15, -0.1) is 0 Å². The summed E-state index contributed by atoms with van der Waals surface area (Å²) in [4.78, 5) is 4.51. The summed E-state index contributed by atoms with van der Waals surface area (Å²) in [5, 5.41) is 0.697. The average Bonchev–Trinajstić information content (AvgIpc) is 2.50. The zero-order valence-electron chi connectivity index (χ0n) is 11.0. The minimum Gasteiger partial charge on any atom is -0.365 e. The molecule has 1 heterocycles. The molecule has 2 rings (SSSR count). The van der Waals surface area contributed by atoms with E-state index in [1.54, 1.807) is 6.07 Å². The van der Waals surface area contributed by atoms with Gasteiger partial charge in [-0.25, -0.2) is 4.39 Å². The number of halogens is 2. The van der Waals surface area contributed by atoms with Crippen LogP contribution < -0.4 is 4.90 Å². The Morgan fingerprint density at radius 3 is 2.83 bits per heavy atom. The van der Waals surface area contributed by atoms with Crippen LogP contribution in [0.15, 0.2) is 18.2 Å². The lowest BCUT2D eigenvalue weighted by atomic mass is 10.1. The molecule has 0 aromatic heterocycles. The number of rotatable bonds is 2. The summed E-state index contributed by atoms with van der Waals surface area (Å²) in [5.74, 6) is -0.108. The van der Waals surface area contributed by atoms with Crippen molar-refractivity contribution in [1.82, 2.24) is 4.90 Å². The highest BCUT2D eigenvalue weighted by Gasteiger charge is 2.22. The molecule has 100 valence electrons. The molecule has 18 heavy (non-hydrogen) atoms. The highest BCUT2D eigenvalue weighted by atomic mass is 79.9. The Morgan fingerprint density at radius 2 is 2.17 bits per heavy atom. The standard InChI is InChI=1S/C14H20BrFN2/c1-11-10-17(2)6-3-7-18(11)14-5-4-12(9-15)8-13(14)16/h4-5,8,11H,3,6-7,9-10H2,1-2H3. The SMILES string of the molecule is CC1CN(C)CCCN1c1ccc(CBr)cc1F. The maximum Gasteiger partial charge on any atom is 0.146 e. The Bertz CT molecular complexity index is 411.